The van der Waals surface area contributed by atoms with E-state index < -0.39 is 0 Å². The smallest absolute Gasteiger partial charge is 0.229 e. The van der Waals surface area contributed by atoms with Crippen LogP contribution in [0.2, 0.25) is 0 Å². The van der Waals surface area contributed by atoms with Gasteiger partial charge in [-0.1, -0.05) is 13.0 Å². The van der Waals surface area contributed by atoms with E-state index in [0.717, 1.165) is 33.8 Å². The number of pyridine rings is 2. The molecule has 0 bridgehead atoms. The first-order chi connectivity index (χ1) is 15.0. The summed E-state index contributed by atoms with van der Waals surface area (Å²) in [5, 5.41) is 2.90. The van der Waals surface area contributed by atoms with Gasteiger partial charge < -0.3 is 5.32 Å². The van der Waals surface area contributed by atoms with Crippen LogP contribution in [0.1, 0.15) is 35.4 Å². The van der Waals surface area contributed by atoms with Crippen molar-refractivity contribution in [2.24, 2.45) is 10.9 Å². The number of hydrogen-bond acceptors (Lipinski definition) is 6. The van der Waals surface area contributed by atoms with Crippen molar-refractivity contribution in [1.29, 1.82) is 0 Å². The van der Waals surface area contributed by atoms with Gasteiger partial charge >= 0.3 is 0 Å². The van der Waals surface area contributed by atoms with E-state index in [0.29, 0.717) is 5.82 Å². The summed E-state index contributed by atoms with van der Waals surface area (Å²) in [6.07, 6.45) is 12.6. The number of carbonyl (C=O) groups is 1. The predicted octanol–water partition coefficient (Wildman–Crippen LogP) is 3.55. The number of aliphatic imine (C=N–C) groups is 1. The fourth-order valence-electron chi connectivity index (χ4n) is 3.69. The number of allylic oxidation sites excluding steroid dienone is 1. The average Bonchev–Trinajstić information content (AvgIpc) is 2.74. The van der Waals surface area contributed by atoms with E-state index in [9.17, 15) is 4.79 Å². The molecule has 0 saturated heterocycles. The first-order valence-corrected chi connectivity index (χ1v) is 10.2. The van der Waals surface area contributed by atoms with Gasteiger partial charge in [0, 0.05) is 54.4 Å². The number of hydrogen-bond donors (Lipinski definition) is 1. The summed E-state index contributed by atoms with van der Waals surface area (Å²) < 4.78 is 0. The van der Waals surface area contributed by atoms with E-state index in [-0.39, 0.29) is 24.2 Å². The van der Waals surface area contributed by atoms with Crippen LogP contribution in [0.4, 0.5) is 0 Å². The lowest BCUT2D eigenvalue weighted by molar-refractivity contribution is -0.119. The predicted molar refractivity (Wildman–Crippen MR) is 119 cm³/mol. The summed E-state index contributed by atoms with van der Waals surface area (Å²) in [7, 11) is 0. The molecule has 0 spiro atoms. The van der Waals surface area contributed by atoms with Crippen LogP contribution >= 0.6 is 0 Å². The number of nitrogens with one attached hydrogen (secondary N) is 1. The SMILES string of the molecule is Cc1cc(-c2ncc(CC(=O)NC3=CC(C)C(c4cnccn4)C=N3)cc2C)ccn1. The van der Waals surface area contributed by atoms with Gasteiger partial charge in [-0.05, 0) is 49.1 Å². The molecule has 7 nitrogen and oxygen atoms in total. The Bertz CT molecular complexity index is 1160. The lowest BCUT2D eigenvalue weighted by Crippen LogP contribution is -2.27. The van der Waals surface area contributed by atoms with Crippen LogP contribution in [0, 0.1) is 19.8 Å². The highest BCUT2D eigenvalue weighted by Crippen LogP contribution is 2.26. The first-order valence-electron chi connectivity index (χ1n) is 10.2. The molecule has 1 aliphatic rings. The van der Waals surface area contributed by atoms with E-state index >= 15 is 0 Å². The molecule has 156 valence electrons. The molecule has 31 heavy (non-hydrogen) atoms. The van der Waals surface area contributed by atoms with Gasteiger partial charge in [0.1, 0.15) is 5.82 Å². The second kappa shape index (κ2) is 8.95. The molecule has 4 rings (SSSR count). The third-order valence-electron chi connectivity index (χ3n) is 5.22. The van der Waals surface area contributed by atoms with Gasteiger partial charge in [-0.25, -0.2) is 4.99 Å². The van der Waals surface area contributed by atoms with E-state index in [1.165, 1.54) is 0 Å². The van der Waals surface area contributed by atoms with Crippen LogP contribution in [-0.2, 0) is 11.2 Å². The van der Waals surface area contributed by atoms with Gasteiger partial charge in [-0.15, -0.1) is 0 Å². The van der Waals surface area contributed by atoms with Crippen LogP contribution in [0.3, 0.4) is 0 Å². The Morgan fingerprint density at radius 2 is 1.94 bits per heavy atom. The molecule has 1 aliphatic heterocycles. The Morgan fingerprint density at radius 1 is 1.06 bits per heavy atom. The highest BCUT2D eigenvalue weighted by Gasteiger charge is 2.22. The Kier molecular flexibility index (Phi) is 5.93. The fourth-order valence-corrected chi connectivity index (χ4v) is 3.69. The van der Waals surface area contributed by atoms with Crippen molar-refractivity contribution in [2.45, 2.75) is 33.1 Å². The van der Waals surface area contributed by atoms with Gasteiger partial charge in [0.15, 0.2) is 0 Å². The third-order valence-corrected chi connectivity index (χ3v) is 5.22. The summed E-state index contributed by atoms with van der Waals surface area (Å²) in [6.45, 7) is 6.03. The number of aryl methyl sites for hydroxylation is 2. The zero-order chi connectivity index (χ0) is 21.8. The van der Waals surface area contributed by atoms with Crippen molar-refractivity contribution in [3.8, 4) is 11.3 Å². The molecule has 0 aromatic carbocycles. The monoisotopic (exact) mass is 412 g/mol. The molecule has 2 unspecified atom stereocenters. The molecule has 0 saturated carbocycles. The quantitative estimate of drug-likeness (QED) is 0.692. The van der Waals surface area contributed by atoms with Crippen LogP contribution in [0.5, 0.6) is 0 Å². The fraction of sp³-hybridized carbons (Fsp3) is 0.250. The highest BCUT2D eigenvalue weighted by molar-refractivity contribution is 5.81. The van der Waals surface area contributed by atoms with Crippen molar-refractivity contribution in [3.05, 3.63) is 83.6 Å². The average molecular weight is 412 g/mol. The second-order valence-electron chi connectivity index (χ2n) is 7.77. The summed E-state index contributed by atoms with van der Waals surface area (Å²) in [6, 6.07) is 5.95. The maximum absolute atomic E-state index is 12.6. The van der Waals surface area contributed by atoms with Gasteiger partial charge in [0.05, 0.1) is 17.8 Å². The molecular weight excluding hydrogens is 388 g/mol. The lowest BCUT2D eigenvalue weighted by Gasteiger charge is -2.21. The van der Waals surface area contributed by atoms with Gasteiger partial charge in [-0.3, -0.25) is 24.7 Å². The third kappa shape index (κ3) is 4.88. The van der Waals surface area contributed by atoms with Crippen molar-refractivity contribution in [1.82, 2.24) is 25.3 Å². The normalized spacial score (nSPS) is 17.8. The number of aromatic nitrogens is 4. The van der Waals surface area contributed by atoms with Crippen LogP contribution < -0.4 is 5.32 Å². The summed E-state index contributed by atoms with van der Waals surface area (Å²) in [5.41, 5.74) is 5.61. The van der Waals surface area contributed by atoms with E-state index in [1.807, 2.05) is 44.3 Å². The first kappa shape index (κ1) is 20.5. The Balaban J connectivity index is 1.40. The summed E-state index contributed by atoms with van der Waals surface area (Å²) in [4.78, 5) is 34.3. The van der Waals surface area contributed by atoms with Crippen LogP contribution in [0.15, 0.2) is 66.1 Å². The maximum atomic E-state index is 12.6. The molecular formula is C24H24N6O. The van der Waals surface area contributed by atoms with E-state index in [2.05, 4.69) is 37.2 Å². The van der Waals surface area contributed by atoms with Crippen molar-refractivity contribution < 1.29 is 4.79 Å². The van der Waals surface area contributed by atoms with Crippen molar-refractivity contribution in [3.63, 3.8) is 0 Å². The van der Waals surface area contributed by atoms with E-state index in [4.69, 9.17) is 0 Å². The molecule has 3 aromatic heterocycles. The lowest BCUT2D eigenvalue weighted by atomic mass is 9.90. The highest BCUT2D eigenvalue weighted by atomic mass is 16.1. The summed E-state index contributed by atoms with van der Waals surface area (Å²) in [5.74, 6) is 0.635. The molecule has 2 atom stereocenters. The molecule has 1 N–H and O–H groups in total. The largest absolute Gasteiger partial charge is 0.311 e. The van der Waals surface area contributed by atoms with Gasteiger partial charge in [0.25, 0.3) is 0 Å². The van der Waals surface area contributed by atoms with Crippen molar-refractivity contribution >= 4 is 12.1 Å². The maximum Gasteiger partial charge on any atom is 0.229 e. The zero-order valence-corrected chi connectivity index (χ0v) is 17.8. The Hall–Kier alpha value is -3.74. The zero-order valence-electron chi connectivity index (χ0n) is 17.8. The number of nitrogens with zero attached hydrogens (tertiary/aromatic N) is 5. The van der Waals surface area contributed by atoms with Crippen molar-refractivity contribution in [2.75, 3.05) is 0 Å². The number of rotatable bonds is 5. The standard InChI is InChI=1S/C24H24N6O/c1-15-9-22(28-13-20(15)21-14-25-6-7-27-21)30-23(31)11-18-8-16(2)24(29-12-18)19-4-5-26-17(3)10-19/h4-10,12-15,20H,11H2,1-3H3,(H,30,31). The molecule has 0 radical (unpaired) electrons. The molecule has 3 aromatic rings. The molecule has 7 heteroatoms. The van der Waals surface area contributed by atoms with Gasteiger partial charge in [0.2, 0.25) is 5.91 Å². The minimum Gasteiger partial charge on any atom is -0.311 e. The Labute approximate surface area is 181 Å². The van der Waals surface area contributed by atoms with Crippen LogP contribution in [-0.4, -0.2) is 32.1 Å². The number of amides is 1. The molecule has 4 heterocycles. The van der Waals surface area contributed by atoms with Crippen LogP contribution in [0.25, 0.3) is 11.3 Å². The summed E-state index contributed by atoms with van der Waals surface area (Å²) >= 11 is 0. The molecule has 0 aliphatic carbocycles. The molecule has 1 amide bonds. The van der Waals surface area contributed by atoms with E-state index in [1.54, 1.807) is 31.0 Å². The Morgan fingerprint density at radius 3 is 2.65 bits per heavy atom. The topological polar surface area (TPSA) is 93.0 Å². The number of carbonyl (C=O) groups excluding carboxylic acids is 1. The van der Waals surface area contributed by atoms with Gasteiger partial charge in [-0.2, -0.15) is 0 Å². The second-order valence-corrected chi connectivity index (χ2v) is 7.77. The molecule has 0 fully saturated rings. The minimum atomic E-state index is -0.123. The minimum absolute atomic E-state index is 0.0468.